The van der Waals surface area contributed by atoms with E-state index in [9.17, 15) is 14.4 Å². The average Bonchev–Trinajstić information content (AvgIpc) is 2.65. The molecule has 0 heterocycles. The molecule has 130 valence electrons. The number of amides is 2. The Labute approximate surface area is 146 Å². The van der Waals surface area contributed by atoms with E-state index in [0.717, 1.165) is 5.56 Å². The molecule has 0 saturated carbocycles. The number of aryl methyl sites for hydroxylation is 1. The number of rotatable bonds is 7. The Morgan fingerprint density at radius 3 is 2.28 bits per heavy atom. The minimum Gasteiger partial charge on any atom is -0.468 e. The standard InChI is InChI=1S/C19H20N2O4/c1-25-18(23)13-20-19(24)15-8-10-16(11-9-15)21-17(22)12-7-14-5-3-2-4-6-14/h2-6,8-11H,7,12-13H2,1H3,(H,20,24)(H,21,22). The van der Waals surface area contributed by atoms with E-state index in [0.29, 0.717) is 24.1 Å². The van der Waals surface area contributed by atoms with Gasteiger partial charge in [-0.15, -0.1) is 0 Å². The van der Waals surface area contributed by atoms with Crippen LogP contribution in [0.4, 0.5) is 5.69 Å². The predicted octanol–water partition coefficient (Wildman–Crippen LogP) is 2.16. The van der Waals surface area contributed by atoms with Crippen molar-refractivity contribution in [3.63, 3.8) is 0 Å². The molecule has 2 N–H and O–H groups in total. The molecule has 0 aliphatic rings. The Hall–Kier alpha value is -3.15. The number of carbonyl (C=O) groups is 3. The molecular weight excluding hydrogens is 320 g/mol. The van der Waals surface area contributed by atoms with Crippen molar-refractivity contribution < 1.29 is 19.1 Å². The fourth-order valence-electron chi connectivity index (χ4n) is 2.16. The van der Waals surface area contributed by atoms with E-state index in [1.54, 1.807) is 24.3 Å². The molecule has 0 aliphatic heterocycles. The second kappa shape index (κ2) is 9.22. The van der Waals surface area contributed by atoms with E-state index < -0.39 is 5.97 Å². The van der Waals surface area contributed by atoms with Gasteiger partial charge in [0, 0.05) is 17.7 Å². The molecule has 0 fully saturated rings. The third kappa shape index (κ3) is 6.10. The van der Waals surface area contributed by atoms with Crippen LogP contribution in [-0.2, 0) is 20.7 Å². The zero-order valence-corrected chi connectivity index (χ0v) is 14.0. The van der Waals surface area contributed by atoms with Gasteiger partial charge in [-0.3, -0.25) is 14.4 Å². The van der Waals surface area contributed by atoms with Crippen molar-refractivity contribution in [2.24, 2.45) is 0 Å². The zero-order valence-electron chi connectivity index (χ0n) is 14.0. The Bertz CT molecular complexity index is 727. The summed E-state index contributed by atoms with van der Waals surface area (Å²) < 4.78 is 4.45. The van der Waals surface area contributed by atoms with Gasteiger partial charge in [-0.05, 0) is 36.2 Å². The summed E-state index contributed by atoms with van der Waals surface area (Å²) in [4.78, 5) is 34.8. The lowest BCUT2D eigenvalue weighted by atomic mass is 10.1. The van der Waals surface area contributed by atoms with Crippen LogP contribution in [0.2, 0.25) is 0 Å². The van der Waals surface area contributed by atoms with Gasteiger partial charge < -0.3 is 15.4 Å². The van der Waals surface area contributed by atoms with E-state index in [1.165, 1.54) is 7.11 Å². The molecule has 2 amide bonds. The van der Waals surface area contributed by atoms with E-state index in [1.807, 2.05) is 30.3 Å². The van der Waals surface area contributed by atoms with Gasteiger partial charge in [-0.2, -0.15) is 0 Å². The molecule has 25 heavy (non-hydrogen) atoms. The van der Waals surface area contributed by atoms with E-state index in [-0.39, 0.29) is 18.4 Å². The summed E-state index contributed by atoms with van der Waals surface area (Å²) in [6.45, 7) is -0.187. The molecule has 0 aliphatic carbocycles. The molecule has 0 atom stereocenters. The van der Waals surface area contributed by atoms with Crippen LogP contribution >= 0.6 is 0 Å². The number of hydrogen-bond acceptors (Lipinski definition) is 4. The highest BCUT2D eigenvalue weighted by molar-refractivity contribution is 5.97. The van der Waals surface area contributed by atoms with E-state index >= 15 is 0 Å². The Balaban J connectivity index is 1.82. The van der Waals surface area contributed by atoms with Crippen LogP contribution in [0, 0.1) is 0 Å². The molecule has 6 nitrogen and oxygen atoms in total. The average molecular weight is 340 g/mol. The number of esters is 1. The van der Waals surface area contributed by atoms with Crippen LogP contribution in [0.1, 0.15) is 22.3 Å². The molecule has 0 unspecified atom stereocenters. The summed E-state index contributed by atoms with van der Waals surface area (Å²) in [5.41, 5.74) is 2.11. The summed E-state index contributed by atoms with van der Waals surface area (Å²) >= 11 is 0. The maximum absolute atomic E-state index is 12.0. The highest BCUT2D eigenvalue weighted by Gasteiger charge is 2.09. The Kier molecular flexibility index (Phi) is 6.71. The molecular formula is C19H20N2O4. The Morgan fingerprint density at radius 2 is 1.64 bits per heavy atom. The van der Waals surface area contributed by atoms with E-state index in [4.69, 9.17) is 0 Å². The molecule has 2 rings (SSSR count). The minimum absolute atomic E-state index is 0.0910. The fraction of sp³-hybridized carbons (Fsp3) is 0.211. The first-order valence-corrected chi connectivity index (χ1v) is 7.87. The van der Waals surface area contributed by atoms with Crippen molar-refractivity contribution in [2.45, 2.75) is 12.8 Å². The zero-order chi connectivity index (χ0) is 18.1. The lowest BCUT2D eigenvalue weighted by Gasteiger charge is -2.07. The lowest BCUT2D eigenvalue weighted by Crippen LogP contribution is -2.30. The summed E-state index contributed by atoms with van der Waals surface area (Å²) in [6, 6.07) is 16.2. The van der Waals surface area contributed by atoms with E-state index in [2.05, 4.69) is 15.4 Å². The van der Waals surface area contributed by atoms with Gasteiger partial charge in [0.25, 0.3) is 5.91 Å². The maximum Gasteiger partial charge on any atom is 0.325 e. The summed E-state index contributed by atoms with van der Waals surface area (Å²) in [7, 11) is 1.25. The van der Waals surface area contributed by atoms with Crippen molar-refractivity contribution in [1.82, 2.24) is 5.32 Å². The molecule has 0 spiro atoms. The lowest BCUT2D eigenvalue weighted by molar-refractivity contribution is -0.139. The second-order valence-electron chi connectivity index (χ2n) is 5.37. The van der Waals surface area contributed by atoms with Crippen molar-refractivity contribution in [1.29, 1.82) is 0 Å². The second-order valence-corrected chi connectivity index (χ2v) is 5.37. The highest BCUT2D eigenvalue weighted by Crippen LogP contribution is 2.11. The van der Waals surface area contributed by atoms with Gasteiger partial charge in [-0.25, -0.2) is 0 Å². The predicted molar refractivity (Wildman–Crippen MR) is 94.2 cm³/mol. The number of carbonyl (C=O) groups excluding carboxylic acids is 3. The first kappa shape index (κ1) is 18.2. The summed E-state index contributed by atoms with van der Waals surface area (Å²) in [5.74, 6) is -0.991. The SMILES string of the molecule is COC(=O)CNC(=O)c1ccc(NC(=O)CCc2ccccc2)cc1. The quantitative estimate of drug-likeness (QED) is 0.757. The largest absolute Gasteiger partial charge is 0.468 e. The van der Waals surface area contributed by atoms with Gasteiger partial charge in [0.1, 0.15) is 6.54 Å². The molecule has 0 bridgehead atoms. The van der Waals surface area contributed by atoms with Crippen LogP contribution < -0.4 is 10.6 Å². The third-order valence-electron chi connectivity index (χ3n) is 3.54. The monoisotopic (exact) mass is 340 g/mol. The smallest absolute Gasteiger partial charge is 0.325 e. The van der Waals surface area contributed by atoms with Crippen LogP contribution in [0.15, 0.2) is 54.6 Å². The molecule has 0 radical (unpaired) electrons. The van der Waals surface area contributed by atoms with Crippen molar-refractivity contribution >= 4 is 23.5 Å². The van der Waals surface area contributed by atoms with Crippen molar-refractivity contribution in [2.75, 3.05) is 19.0 Å². The molecule has 2 aromatic rings. The number of anilines is 1. The summed E-state index contributed by atoms with van der Waals surface area (Å²) in [5, 5.41) is 5.24. The van der Waals surface area contributed by atoms with Crippen molar-refractivity contribution in [3.8, 4) is 0 Å². The third-order valence-corrected chi connectivity index (χ3v) is 3.54. The van der Waals surface area contributed by atoms with Crippen LogP contribution in [0.5, 0.6) is 0 Å². The summed E-state index contributed by atoms with van der Waals surface area (Å²) in [6.07, 6.45) is 1.05. The maximum atomic E-state index is 12.0. The molecule has 2 aromatic carbocycles. The normalized spacial score (nSPS) is 9.96. The first-order chi connectivity index (χ1) is 12.1. The van der Waals surface area contributed by atoms with Crippen LogP contribution in [-0.4, -0.2) is 31.4 Å². The Morgan fingerprint density at radius 1 is 0.960 bits per heavy atom. The number of hydrogen-bond donors (Lipinski definition) is 2. The topological polar surface area (TPSA) is 84.5 Å². The molecule has 0 saturated heterocycles. The van der Waals surface area contributed by atoms with Gasteiger partial charge in [-0.1, -0.05) is 30.3 Å². The van der Waals surface area contributed by atoms with Gasteiger partial charge in [0.2, 0.25) is 5.91 Å². The minimum atomic E-state index is -0.518. The fourth-order valence-corrected chi connectivity index (χ4v) is 2.16. The number of benzene rings is 2. The van der Waals surface area contributed by atoms with Gasteiger partial charge in [0.15, 0.2) is 0 Å². The number of ether oxygens (including phenoxy) is 1. The van der Waals surface area contributed by atoms with Gasteiger partial charge in [0.05, 0.1) is 7.11 Å². The van der Waals surface area contributed by atoms with Crippen LogP contribution in [0.25, 0.3) is 0 Å². The van der Waals surface area contributed by atoms with Crippen molar-refractivity contribution in [3.05, 3.63) is 65.7 Å². The van der Waals surface area contributed by atoms with Crippen LogP contribution in [0.3, 0.4) is 0 Å². The molecule has 6 heteroatoms. The van der Waals surface area contributed by atoms with Gasteiger partial charge >= 0.3 is 5.97 Å². The number of methoxy groups -OCH3 is 1. The highest BCUT2D eigenvalue weighted by atomic mass is 16.5. The first-order valence-electron chi connectivity index (χ1n) is 7.87. The molecule has 0 aromatic heterocycles. The number of nitrogens with one attached hydrogen (secondary N) is 2.